The fourth-order valence-corrected chi connectivity index (χ4v) is 2.11. The van der Waals surface area contributed by atoms with Gasteiger partial charge in [0.1, 0.15) is 11.6 Å². The zero-order valence-corrected chi connectivity index (χ0v) is 11.9. The number of carbonyl (C=O) groups is 1. The van der Waals surface area contributed by atoms with Gasteiger partial charge in [-0.05, 0) is 24.3 Å². The monoisotopic (exact) mass is 297 g/mol. The number of aromatic nitrogens is 2. The molecule has 3 aromatic rings. The molecule has 0 fully saturated rings. The normalized spacial score (nSPS) is 10.7. The van der Waals surface area contributed by atoms with Gasteiger partial charge in [-0.1, -0.05) is 12.1 Å². The summed E-state index contributed by atoms with van der Waals surface area (Å²) >= 11 is 0. The molecule has 3 rings (SSSR count). The highest BCUT2D eigenvalue weighted by atomic mass is 16.5. The summed E-state index contributed by atoms with van der Waals surface area (Å²) in [6, 6.07) is 11.0. The average molecular weight is 297 g/mol. The molecule has 0 saturated carbocycles. The number of nitrogen functional groups attached to an aromatic ring is 1. The lowest BCUT2D eigenvalue weighted by atomic mass is 10.2. The number of para-hydroxylation sites is 1. The summed E-state index contributed by atoms with van der Waals surface area (Å²) in [5.74, 6) is 1.20. The zero-order chi connectivity index (χ0) is 15.4. The maximum Gasteiger partial charge on any atom is 0.306 e. The SMILES string of the molecule is Nc1nc(COC(=O)CCc2ccco2)nc2ccccc12. The molecule has 112 valence electrons. The van der Waals surface area contributed by atoms with Gasteiger partial charge in [-0.25, -0.2) is 9.97 Å². The molecule has 2 N–H and O–H groups in total. The van der Waals surface area contributed by atoms with E-state index in [-0.39, 0.29) is 19.0 Å². The predicted octanol–water partition coefficient (Wildman–Crippen LogP) is 2.48. The van der Waals surface area contributed by atoms with Crippen LogP contribution in [0.1, 0.15) is 18.0 Å². The van der Waals surface area contributed by atoms with E-state index in [1.54, 1.807) is 12.3 Å². The molecule has 6 nitrogen and oxygen atoms in total. The van der Waals surface area contributed by atoms with Crippen molar-refractivity contribution < 1.29 is 13.9 Å². The summed E-state index contributed by atoms with van der Waals surface area (Å²) in [7, 11) is 0. The van der Waals surface area contributed by atoms with E-state index in [2.05, 4.69) is 9.97 Å². The number of hydrogen-bond donors (Lipinski definition) is 1. The molecular formula is C16H15N3O3. The van der Waals surface area contributed by atoms with Crippen LogP contribution in [0.2, 0.25) is 0 Å². The Labute approximate surface area is 126 Å². The van der Waals surface area contributed by atoms with Crippen molar-refractivity contribution in [1.29, 1.82) is 0 Å². The number of hydrogen-bond acceptors (Lipinski definition) is 6. The van der Waals surface area contributed by atoms with Gasteiger partial charge in [0, 0.05) is 11.8 Å². The topological polar surface area (TPSA) is 91.2 Å². The quantitative estimate of drug-likeness (QED) is 0.727. The van der Waals surface area contributed by atoms with Gasteiger partial charge in [-0.3, -0.25) is 4.79 Å². The zero-order valence-electron chi connectivity index (χ0n) is 11.9. The largest absolute Gasteiger partial charge is 0.469 e. The Kier molecular flexibility index (Phi) is 4.00. The van der Waals surface area contributed by atoms with Gasteiger partial charge in [-0.15, -0.1) is 0 Å². The summed E-state index contributed by atoms with van der Waals surface area (Å²) in [5.41, 5.74) is 6.62. The second-order valence-corrected chi connectivity index (χ2v) is 4.78. The Morgan fingerprint density at radius 1 is 1.18 bits per heavy atom. The summed E-state index contributed by atoms with van der Waals surface area (Å²) in [6.07, 6.45) is 2.33. The first kappa shape index (κ1) is 14.1. The van der Waals surface area contributed by atoms with Crippen LogP contribution in [0.25, 0.3) is 10.9 Å². The number of carbonyl (C=O) groups excluding carboxylic acids is 1. The van der Waals surface area contributed by atoms with Crippen molar-refractivity contribution >= 4 is 22.7 Å². The lowest BCUT2D eigenvalue weighted by Crippen LogP contribution is -2.09. The number of rotatable bonds is 5. The van der Waals surface area contributed by atoms with Crippen LogP contribution in [-0.2, 0) is 22.6 Å². The van der Waals surface area contributed by atoms with Crippen LogP contribution in [0.15, 0.2) is 47.1 Å². The highest BCUT2D eigenvalue weighted by Crippen LogP contribution is 2.17. The average Bonchev–Trinajstić information content (AvgIpc) is 3.04. The third-order valence-electron chi connectivity index (χ3n) is 3.20. The minimum absolute atomic E-state index is 0.00597. The standard InChI is InChI=1S/C16H15N3O3/c17-16-12-5-1-2-6-13(12)18-14(19-16)10-22-15(20)8-7-11-4-3-9-21-11/h1-6,9H,7-8,10H2,(H2,17,18,19). The highest BCUT2D eigenvalue weighted by molar-refractivity contribution is 5.87. The van der Waals surface area contributed by atoms with E-state index in [9.17, 15) is 4.79 Å². The van der Waals surface area contributed by atoms with Crippen LogP contribution in [0.3, 0.4) is 0 Å². The number of fused-ring (bicyclic) bond motifs is 1. The number of anilines is 1. The molecule has 0 aliphatic rings. The molecule has 0 unspecified atom stereocenters. The number of esters is 1. The van der Waals surface area contributed by atoms with Gasteiger partial charge in [0.15, 0.2) is 12.4 Å². The number of furan rings is 1. The summed E-state index contributed by atoms with van der Waals surface area (Å²) < 4.78 is 10.3. The van der Waals surface area contributed by atoms with E-state index >= 15 is 0 Å². The lowest BCUT2D eigenvalue weighted by molar-refractivity contribution is -0.145. The van der Waals surface area contributed by atoms with Crippen molar-refractivity contribution in [2.75, 3.05) is 5.73 Å². The fourth-order valence-electron chi connectivity index (χ4n) is 2.11. The van der Waals surface area contributed by atoms with Gasteiger partial charge in [-0.2, -0.15) is 0 Å². The molecular weight excluding hydrogens is 282 g/mol. The number of benzene rings is 1. The Balaban J connectivity index is 1.60. The predicted molar refractivity (Wildman–Crippen MR) is 80.8 cm³/mol. The maximum atomic E-state index is 11.7. The summed E-state index contributed by atoms with van der Waals surface area (Å²) in [6.45, 7) is 0.00597. The first-order valence-corrected chi connectivity index (χ1v) is 6.91. The summed E-state index contributed by atoms with van der Waals surface area (Å²) in [5, 5.41) is 0.787. The van der Waals surface area contributed by atoms with Crippen LogP contribution in [0.4, 0.5) is 5.82 Å². The highest BCUT2D eigenvalue weighted by Gasteiger charge is 2.09. The molecule has 6 heteroatoms. The van der Waals surface area contributed by atoms with Crippen LogP contribution < -0.4 is 5.73 Å². The molecule has 0 amide bonds. The third-order valence-corrected chi connectivity index (χ3v) is 3.20. The van der Waals surface area contributed by atoms with Gasteiger partial charge in [0.2, 0.25) is 0 Å². The molecule has 2 heterocycles. The molecule has 2 aromatic heterocycles. The molecule has 0 aliphatic heterocycles. The molecule has 0 saturated heterocycles. The van der Waals surface area contributed by atoms with Gasteiger partial charge < -0.3 is 14.9 Å². The second-order valence-electron chi connectivity index (χ2n) is 4.78. The van der Waals surface area contributed by atoms with Crippen LogP contribution in [-0.4, -0.2) is 15.9 Å². The minimum atomic E-state index is -0.327. The van der Waals surface area contributed by atoms with Crippen molar-refractivity contribution in [2.24, 2.45) is 0 Å². The van der Waals surface area contributed by atoms with Crippen LogP contribution in [0, 0.1) is 0 Å². The minimum Gasteiger partial charge on any atom is -0.469 e. The van der Waals surface area contributed by atoms with Crippen LogP contribution >= 0.6 is 0 Å². The van der Waals surface area contributed by atoms with Crippen molar-refractivity contribution in [1.82, 2.24) is 9.97 Å². The third kappa shape index (κ3) is 3.22. The lowest BCUT2D eigenvalue weighted by Gasteiger charge is -2.06. The van der Waals surface area contributed by atoms with Gasteiger partial charge >= 0.3 is 5.97 Å². The molecule has 0 spiro atoms. The first-order valence-electron chi connectivity index (χ1n) is 6.91. The number of aryl methyl sites for hydroxylation is 1. The molecule has 0 atom stereocenters. The Hall–Kier alpha value is -2.89. The summed E-state index contributed by atoms with van der Waals surface area (Å²) in [4.78, 5) is 20.2. The molecule has 0 aliphatic carbocycles. The smallest absolute Gasteiger partial charge is 0.306 e. The molecule has 0 radical (unpaired) electrons. The van der Waals surface area contributed by atoms with E-state index in [0.29, 0.717) is 18.1 Å². The number of nitrogens with two attached hydrogens (primary N) is 1. The van der Waals surface area contributed by atoms with Crippen molar-refractivity contribution in [3.63, 3.8) is 0 Å². The van der Waals surface area contributed by atoms with Crippen molar-refractivity contribution in [2.45, 2.75) is 19.4 Å². The van der Waals surface area contributed by atoms with E-state index in [4.69, 9.17) is 14.9 Å². The first-order chi connectivity index (χ1) is 10.7. The Morgan fingerprint density at radius 3 is 2.86 bits per heavy atom. The van der Waals surface area contributed by atoms with Gasteiger partial charge in [0.05, 0.1) is 18.2 Å². The second kappa shape index (κ2) is 6.26. The Morgan fingerprint density at radius 2 is 2.05 bits per heavy atom. The van der Waals surface area contributed by atoms with Crippen molar-refractivity contribution in [3.05, 3.63) is 54.2 Å². The van der Waals surface area contributed by atoms with E-state index in [1.807, 2.05) is 30.3 Å². The Bertz CT molecular complexity index is 784. The van der Waals surface area contributed by atoms with Crippen LogP contribution in [0.5, 0.6) is 0 Å². The number of ether oxygens (including phenoxy) is 1. The van der Waals surface area contributed by atoms with E-state index in [1.165, 1.54) is 0 Å². The maximum absolute atomic E-state index is 11.7. The molecule has 22 heavy (non-hydrogen) atoms. The fraction of sp³-hybridized carbons (Fsp3) is 0.188. The molecule has 1 aromatic carbocycles. The number of nitrogens with zero attached hydrogens (tertiary/aromatic N) is 2. The van der Waals surface area contributed by atoms with E-state index in [0.717, 1.165) is 16.7 Å². The van der Waals surface area contributed by atoms with Crippen molar-refractivity contribution in [3.8, 4) is 0 Å². The van der Waals surface area contributed by atoms with Gasteiger partial charge in [0.25, 0.3) is 0 Å². The molecule has 0 bridgehead atoms. The van der Waals surface area contributed by atoms with E-state index < -0.39 is 0 Å².